The topological polar surface area (TPSA) is 71.5 Å². The van der Waals surface area contributed by atoms with Crippen LogP contribution in [0.3, 0.4) is 0 Å². The maximum atomic E-state index is 13.1. The van der Waals surface area contributed by atoms with Crippen molar-refractivity contribution in [1.29, 1.82) is 0 Å². The Kier molecular flexibility index (Phi) is 6.98. The fourth-order valence-corrected chi connectivity index (χ4v) is 6.87. The number of anilines is 1. The van der Waals surface area contributed by atoms with Crippen LogP contribution in [0.15, 0.2) is 58.3 Å². The summed E-state index contributed by atoms with van der Waals surface area (Å²) in [5.41, 5.74) is 2.49. The highest BCUT2D eigenvalue weighted by molar-refractivity contribution is 7.92. The van der Waals surface area contributed by atoms with Crippen LogP contribution in [0.2, 0.25) is 5.02 Å². The van der Waals surface area contributed by atoms with Crippen molar-refractivity contribution in [2.75, 3.05) is 4.72 Å². The molecule has 2 atom stereocenters. The van der Waals surface area contributed by atoms with Gasteiger partial charge in [0.15, 0.2) is 5.82 Å². The number of halogens is 3. The number of sulfonamides is 1. The predicted molar refractivity (Wildman–Crippen MR) is 132 cm³/mol. The summed E-state index contributed by atoms with van der Waals surface area (Å²) in [5, 5.41) is 1.83. The zero-order valence-corrected chi connectivity index (χ0v) is 21.0. The second kappa shape index (κ2) is 10.0. The fraction of sp³-hybridized carbons (Fsp3) is 0.375. The summed E-state index contributed by atoms with van der Waals surface area (Å²) in [7, 11) is -3.81. The highest BCUT2D eigenvalue weighted by Crippen LogP contribution is 2.39. The number of thiazole rings is 1. The summed E-state index contributed by atoms with van der Waals surface area (Å²) < 4.78 is 60.0. The minimum absolute atomic E-state index is 0.0313. The Bertz CT molecular complexity index is 1280. The van der Waals surface area contributed by atoms with Crippen LogP contribution in [0.1, 0.15) is 43.2 Å². The maximum absolute atomic E-state index is 13.1. The largest absolute Gasteiger partial charge is 0.489 e. The first-order valence-electron chi connectivity index (χ1n) is 11.3. The van der Waals surface area contributed by atoms with Crippen molar-refractivity contribution in [2.45, 2.75) is 61.7 Å². The van der Waals surface area contributed by atoms with Crippen LogP contribution in [0.5, 0.6) is 5.75 Å². The molecule has 5 rings (SSSR count). The van der Waals surface area contributed by atoms with E-state index in [9.17, 15) is 17.2 Å². The summed E-state index contributed by atoms with van der Waals surface area (Å²) in [4.78, 5) is 6.37. The number of nitrogens with zero attached hydrogens (tertiary/aromatic N) is 2. The lowest BCUT2D eigenvalue weighted by atomic mass is 9.98. The molecule has 6 nitrogen and oxygen atoms in total. The van der Waals surface area contributed by atoms with Gasteiger partial charge in [0.1, 0.15) is 11.9 Å². The van der Waals surface area contributed by atoms with Crippen LogP contribution in [0, 0.1) is 0 Å². The van der Waals surface area contributed by atoms with Crippen molar-refractivity contribution in [3.63, 3.8) is 0 Å². The molecular weight excluding hydrogens is 516 g/mol. The van der Waals surface area contributed by atoms with Crippen molar-refractivity contribution in [3.05, 3.63) is 69.5 Å². The number of nitrogens with one attached hydrogen (secondary N) is 1. The van der Waals surface area contributed by atoms with E-state index in [0.29, 0.717) is 24.4 Å². The first-order valence-corrected chi connectivity index (χ1v) is 14.1. The molecule has 2 aliphatic heterocycles. The van der Waals surface area contributed by atoms with E-state index in [1.165, 1.54) is 29.5 Å². The standard InChI is InChI=1S/C24H24ClF2N3O3S2/c25-21-11-20(35(31,32)29-23-13-34-14-28-23)6-7-22(21)33-19-9-17-4-5-18(10-19)30(17)12-15-2-1-3-16(8-15)24(26)27/h1-3,6-8,11,13-14,17-19,24,29H,4-5,9-10,12H2/t17-,18-/m0/s1. The molecule has 3 heterocycles. The molecule has 2 saturated heterocycles. The van der Waals surface area contributed by atoms with Crippen molar-refractivity contribution in [1.82, 2.24) is 9.88 Å². The van der Waals surface area contributed by atoms with Gasteiger partial charge in [-0.1, -0.05) is 29.8 Å². The molecule has 11 heteroatoms. The van der Waals surface area contributed by atoms with Crippen LogP contribution < -0.4 is 9.46 Å². The van der Waals surface area contributed by atoms with E-state index >= 15 is 0 Å². The van der Waals surface area contributed by atoms with Crippen LogP contribution >= 0.6 is 22.9 Å². The Morgan fingerprint density at radius 3 is 2.60 bits per heavy atom. The van der Waals surface area contributed by atoms with Gasteiger partial charge in [0.25, 0.3) is 16.4 Å². The predicted octanol–water partition coefficient (Wildman–Crippen LogP) is 6.11. The average molecular weight is 540 g/mol. The Hall–Kier alpha value is -2.27. The fourth-order valence-electron chi connectivity index (χ4n) is 5.00. The molecule has 0 radical (unpaired) electrons. The summed E-state index contributed by atoms with van der Waals surface area (Å²) in [5.74, 6) is 0.705. The number of hydrogen-bond donors (Lipinski definition) is 1. The Morgan fingerprint density at radius 2 is 1.94 bits per heavy atom. The number of ether oxygens (including phenoxy) is 1. The number of aromatic nitrogens is 1. The molecule has 186 valence electrons. The van der Waals surface area contributed by atoms with Crippen molar-refractivity contribution in [3.8, 4) is 5.75 Å². The first kappa shape index (κ1) is 24.4. The van der Waals surface area contributed by atoms with Gasteiger partial charge < -0.3 is 4.74 Å². The third kappa shape index (κ3) is 5.45. The number of benzene rings is 2. The second-order valence-electron chi connectivity index (χ2n) is 8.89. The quantitative estimate of drug-likeness (QED) is 0.374. The highest BCUT2D eigenvalue weighted by atomic mass is 35.5. The van der Waals surface area contributed by atoms with Crippen LogP contribution in [0.4, 0.5) is 14.6 Å². The molecule has 2 fully saturated rings. The third-order valence-electron chi connectivity index (χ3n) is 6.59. The molecule has 0 aliphatic carbocycles. The molecule has 2 bridgehead atoms. The lowest BCUT2D eigenvalue weighted by Crippen LogP contribution is -2.45. The van der Waals surface area contributed by atoms with Gasteiger partial charge in [0, 0.05) is 29.6 Å². The number of alkyl halides is 2. The summed E-state index contributed by atoms with van der Waals surface area (Å²) in [6.45, 7) is 0.641. The molecule has 3 aromatic rings. The number of rotatable bonds is 8. The molecule has 1 aromatic heterocycles. The monoisotopic (exact) mass is 539 g/mol. The van der Waals surface area contributed by atoms with Crippen molar-refractivity contribution >= 4 is 38.8 Å². The molecule has 1 N–H and O–H groups in total. The Labute approximate surface area is 211 Å². The second-order valence-corrected chi connectivity index (χ2v) is 11.7. The number of piperidine rings is 1. The van der Waals surface area contributed by atoms with E-state index in [0.717, 1.165) is 31.2 Å². The van der Waals surface area contributed by atoms with Gasteiger partial charge in [-0.2, -0.15) is 0 Å². The summed E-state index contributed by atoms with van der Waals surface area (Å²) in [6.07, 6.45) is 1.14. The molecule has 0 saturated carbocycles. The van der Waals surface area contributed by atoms with E-state index in [2.05, 4.69) is 14.6 Å². The van der Waals surface area contributed by atoms with Gasteiger partial charge in [0.05, 0.1) is 15.4 Å². The Balaban J connectivity index is 1.23. The summed E-state index contributed by atoms with van der Waals surface area (Å²) in [6, 6.07) is 11.7. The molecule has 35 heavy (non-hydrogen) atoms. The van der Waals surface area contributed by atoms with Crippen molar-refractivity contribution in [2.24, 2.45) is 0 Å². The first-order chi connectivity index (χ1) is 16.8. The normalized spacial score (nSPS) is 22.5. The molecule has 0 amide bonds. The maximum Gasteiger partial charge on any atom is 0.263 e. The van der Waals surface area contributed by atoms with Gasteiger partial charge >= 0.3 is 0 Å². The minimum atomic E-state index is -3.81. The van der Waals surface area contributed by atoms with Crippen LogP contribution in [-0.4, -0.2) is 36.5 Å². The molecule has 2 aliphatic rings. The van der Waals surface area contributed by atoms with E-state index in [1.807, 2.05) is 6.07 Å². The number of hydrogen-bond acceptors (Lipinski definition) is 6. The Morgan fingerprint density at radius 1 is 1.17 bits per heavy atom. The van der Waals surface area contributed by atoms with Gasteiger partial charge in [-0.3, -0.25) is 9.62 Å². The molecule has 2 aromatic carbocycles. The van der Waals surface area contributed by atoms with Crippen molar-refractivity contribution < 1.29 is 21.9 Å². The van der Waals surface area contributed by atoms with Gasteiger partial charge in [-0.15, -0.1) is 11.3 Å². The van der Waals surface area contributed by atoms with Crippen LogP contribution in [-0.2, 0) is 16.6 Å². The minimum Gasteiger partial charge on any atom is -0.489 e. The van der Waals surface area contributed by atoms with E-state index in [-0.39, 0.29) is 27.4 Å². The number of fused-ring (bicyclic) bond motifs is 2. The van der Waals surface area contributed by atoms with E-state index < -0.39 is 16.4 Å². The van der Waals surface area contributed by atoms with Crippen LogP contribution in [0.25, 0.3) is 0 Å². The summed E-state index contributed by atoms with van der Waals surface area (Å²) >= 11 is 7.69. The lowest BCUT2D eigenvalue weighted by molar-refractivity contribution is 0.0445. The third-order valence-corrected chi connectivity index (χ3v) is 8.82. The molecule has 0 unspecified atom stereocenters. The smallest absolute Gasteiger partial charge is 0.263 e. The molecule has 0 spiro atoms. The average Bonchev–Trinajstić information content (AvgIpc) is 3.40. The zero-order chi connectivity index (χ0) is 24.6. The zero-order valence-electron chi connectivity index (χ0n) is 18.6. The van der Waals surface area contributed by atoms with E-state index in [1.54, 1.807) is 29.1 Å². The van der Waals surface area contributed by atoms with E-state index in [4.69, 9.17) is 16.3 Å². The van der Waals surface area contributed by atoms with Gasteiger partial charge in [0.2, 0.25) is 0 Å². The van der Waals surface area contributed by atoms with Gasteiger partial charge in [-0.05, 0) is 55.5 Å². The lowest BCUT2D eigenvalue weighted by Gasteiger charge is -2.39. The van der Waals surface area contributed by atoms with Gasteiger partial charge in [-0.25, -0.2) is 22.2 Å². The molecular formula is C24H24ClF2N3O3S2. The SMILES string of the molecule is O=S(=O)(Nc1cscn1)c1ccc(OC2C[C@@H]3CC[C@@H](C2)N3Cc2cccc(C(F)F)c2)c(Cl)c1. The highest BCUT2D eigenvalue weighted by Gasteiger charge is 2.41.